The van der Waals surface area contributed by atoms with Gasteiger partial charge in [0.25, 0.3) is 0 Å². The van der Waals surface area contributed by atoms with Gasteiger partial charge in [0.2, 0.25) is 0 Å². The van der Waals surface area contributed by atoms with E-state index in [1.807, 2.05) is 6.55 Å². The Labute approximate surface area is 124 Å². The second-order valence-corrected chi connectivity index (χ2v) is 12.8. The van der Waals surface area contributed by atoms with Crippen molar-refractivity contribution in [2.45, 2.75) is 6.55 Å². The molecule has 0 aliphatic rings. The van der Waals surface area contributed by atoms with Crippen LogP contribution in [0, 0.1) is 0 Å². The highest BCUT2D eigenvalue weighted by atomic mass is 28.5. The number of hydrogen-bond donors (Lipinski definition) is 0. The van der Waals surface area contributed by atoms with Gasteiger partial charge in [-0.25, -0.2) is 0 Å². The molecule has 20 heavy (non-hydrogen) atoms. The van der Waals surface area contributed by atoms with Crippen molar-refractivity contribution in [3.05, 3.63) is 36.8 Å². The third-order valence-electron chi connectivity index (χ3n) is 2.76. The van der Waals surface area contributed by atoms with Crippen molar-refractivity contribution in [1.82, 2.24) is 0 Å². The van der Waals surface area contributed by atoms with Gasteiger partial charge in [-0.1, -0.05) is 18.9 Å². The van der Waals surface area contributed by atoms with Gasteiger partial charge in [0.1, 0.15) is 0 Å². The van der Waals surface area contributed by atoms with Crippen LogP contribution < -0.4 is 0 Å². The minimum absolute atomic E-state index is 1.48. The molecule has 0 N–H and O–H groups in total. The molecule has 0 aromatic carbocycles. The van der Waals surface area contributed by atoms with Crippen LogP contribution in [0.4, 0.5) is 0 Å². The van der Waals surface area contributed by atoms with Gasteiger partial charge < -0.3 is 25.9 Å². The number of hydrogen-bond acceptors (Lipinski definition) is 6. The quantitative estimate of drug-likeness (QED) is 0.536. The van der Waals surface area contributed by atoms with Gasteiger partial charge in [0.05, 0.1) is 0 Å². The zero-order valence-electron chi connectivity index (χ0n) is 12.8. The van der Waals surface area contributed by atoms with E-state index in [1.54, 1.807) is 12.8 Å². The molecular weight excluding hydrogens is 312 g/mol. The standard InChI is InChI=1S/C11H24O6Si3/c1-9-18(8,12-4)16-20(11-3,15-7)17-19(10-2,13-5)14-6/h9-11H,1-3H2,4-8H3. The Hall–Kier alpha value is -0.369. The molecule has 0 bridgehead atoms. The van der Waals surface area contributed by atoms with Crippen LogP contribution in [-0.2, 0) is 25.9 Å². The van der Waals surface area contributed by atoms with Crippen molar-refractivity contribution in [2.75, 3.05) is 28.4 Å². The fourth-order valence-corrected chi connectivity index (χ4v) is 9.51. The third kappa shape index (κ3) is 4.58. The first-order valence-corrected chi connectivity index (χ1v) is 11.9. The highest BCUT2D eigenvalue weighted by Crippen LogP contribution is 2.24. The summed E-state index contributed by atoms with van der Waals surface area (Å²) < 4.78 is 33.4. The fraction of sp³-hybridized carbons (Fsp3) is 0.455. The monoisotopic (exact) mass is 336 g/mol. The largest absolute Gasteiger partial charge is 0.521 e. The zero-order chi connectivity index (χ0) is 15.9. The van der Waals surface area contributed by atoms with Gasteiger partial charge >= 0.3 is 26.2 Å². The van der Waals surface area contributed by atoms with E-state index in [2.05, 4.69) is 19.7 Å². The first-order chi connectivity index (χ1) is 9.34. The second kappa shape index (κ2) is 8.17. The average Bonchev–Trinajstić information content (AvgIpc) is 2.51. The van der Waals surface area contributed by atoms with Crippen molar-refractivity contribution in [2.24, 2.45) is 0 Å². The van der Waals surface area contributed by atoms with Crippen molar-refractivity contribution in [3.63, 3.8) is 0 Å². The van der Waals surface area contributed by atoms with E-state index in [1.165, 1.54) is 32.7 Å². The third-order valence-corrected chi connectivity index (χ3v) is 12.1. The Balaban J connectivity index is 5.45. The van der Waals surface area contributed by atoms with Crippen molar-refractivity contribution >= 4 is 26.2 Å². The lowest BCUT2D eigenvalue weighted by molar-refractivity contribution is 0.114. The maximum Gasteiger partial charge on any atom is 0.521 e. The molecule has 0 aliphatic heterocycles. The van der Waals surface area contributed by atoms with Crippen LogP contribution in [0.3, 0.4) is 0 Å². The molecule has 2 unspecified atom stereocenters. The molecular formula is C11H24O6Si3. The molecule has 0 aromatic heterocycles. The Bertz CT molecular complexity index is 349. The molecule has 0 radical (unpaired) electrons. The highest BCUT2D eigenvalue weighted by molar-refractivity contribution is 6.87. The minimum Gasteiger partial charge on any atom is -0.395 e. The summed E-state index contributed by atoms with van der Waals surface area (Å²) in [4.78, 5) is 0. The first-order valence-electron chi connectivity index (χ1n) is 5.86. The summed E-state index contributed by atoms with van der Waals surface area (Å²) >= 11 is 0. The van der Waals surface area contributed by atoms with Gasteiger partial charge in [0.15, 0.2) is 0 Å². The van der Waals surface area contributed by atoms with Gasteiger partial charge in [0, 0.05) is 28.4 Å². The van der Waals surface area contributed by atoms with E-state index in [0.717, 1.165) is 0 Å². The fourth-order valence-electron chi connectivity index (χ4n) is 1.29. The van der Waals surface area contributed by atoms with Crippen LogP contribution in [0.2, 0.25) is 6.55 Å². The van der Waals surface area contributed by atoms with Gasteiger partial charge in [-0.05, 0) is 17.9 Å². The molecule has 2 atom stereocenters. The molecule has 0 saturated heterocycles. The molecule has 0 spiro atoms. The Morgan fingerprint density at radius 2 is 1.10 bits per heavy atom. The molecule has 9 heteroatoms. The van der Waals surface area contributed by atoms with Crippen LogP contribution in [-0.4, -0.2) is 54.6 Å². The summed E-state index contributed by atoms with van der Waals surface area (Å²) in [6, 6.07) is 0. The van der Waals surface area contributed by atoms with E-state index < -0.39 is 26.2 Å². The summed E-state index contributed by atoms with van der Waals surface area (Å²) in [5.41, 5.74) is 4.64. The number of rotatable bonds is 11. The molecule has 0 heterocycles. The van der Waals surface area contributed by atoms with E-state index >= 15 is 0 Å². The molecule has 0 rings (SSSR count). The summed E-state index contributed by atoms with van der Waals surface area (Å²) in [6.07, 6.45) is 0. The lowest BCUT2D eigenvalue weighted by Gasteiger charge is -2.36. The van der Waals surface area contributed by atoms with Crippen molar-refractivity contribution in [1.29, 1.82) is 0 Å². The second-order valence-electron chi connectivity index (χ2n) is 3.86. The smallest absolute Gasteiger partial charge is 0.395 e. The van der Waals surface area contributed by atoms with Crippen LogP contribution in [0.15, 0.2) is 36.8 Å². The van der Waals surface area contributed by atoms with Gasteiger partial charge in [-0.3, -0.25) is 0 Å². The predicted octanol–water partition coefficient (Wildman–Crippen LogP) is 1.73. The maximum atomic E-state index is 5.99. The Morgan fingerprint density at radius 1 is 0.650 bits per heavy atom. The molecule has 116 valence electrons. The topological polar surface area (TPSA) is 55.4 Å². The van der Waals surface area contributed by atoms with Gasteiger partial charge in [-0.15, -0.1) is 6.58 Å². The Morgan fingerprint density at radius 3 is 1.35 bits per heavy atom. The predicted molar refractivity (Wildman–Crippen MR) is 83.9 cm³/mol. The van der Waals surface area contributed by atoms with Crippen LogP contribution in [0.1, 0.15) is 0 Å². The molecule has 6 nitrogen and oxygen atoms in total. The highest BCUT2D eigenvalue weighted by Gasteiger charge is 2.53. The summed E-state index contributed by atoms with van der Waals surface area (Å²) in [7, 11) is -2.97. The van der Waals surface area contributed by atoms with Crippen LogP contribution >= 0.6 is 0 Å². The first kappa shape index (κ1) is 19.6. The van der Waals surface area contributed by atoms with Crippen molar-refractivity contribution < 1.29 is 25.9 Å². The zero-order valence-corrected chi connectivity index (χ0v) is 15.8. The summed E-state index contributed by atoms with van der Waals surface area (Å²) in [5, 5.41) is 0. The lowest BCUT2D eigenvalue weighted by atomic mass is 11.3. The SMILES string of the molecule is C=C[Si](C)(OC)O[Si](C=C)(OC)O[Si](C=C)(OC)OC. The normalized spacial score (nSPS) is 17.9. The lowest BCUT2D eigenvalue weighted by Crippen LogP contribution is -2.60. The van der Waals surface area contributed by atoms with E-state index in [-0.39, 0.29) is 0 Å². The molecule has 0 fully saturated rings. The molecule has 0 saturated carbocycles. The molecule has 0 amide bonds. The van der Waals surface area contributed by atoms with Crippen LogP contribution in [0.25, 0.3) is 0 Å². The van der Waals surface area contributed by atoms with E-state index in [0.29, 0.717) is 0 Å². The van der Waals surface area contributed by atoms with E-state index in [9.17, 15) is 0 Å². The van der Waals surface area contributed by atoms with E-state index in [4.69, 9.17) is 25.9 Å². The maximum absolute atomic E-state index is 5.99. The summed E-state index contributed by atoms with van der Waals surface area (Å²) in [5.74, 6) is 0. The summed E-state index contributed by atoms with van der Waals surface area (Å²) in [6.45, 7) is 13.0. The van der Waals surface area contributed by atoms with Gasteiger partial charge in [-0.2, -0.15) is 0 Å². The minimum atomic E-state index is -3.25. The van der Waals surface area contributed by atoms with Crippen LogP contribution in [0.5, 0.6) is 0 Å². The van der Waals surface area contributed by atoms with Crippen molar-refractivity contribution in [3.8, 4) is 0 Å². The Kier molecular flexibility index (Phi) is 8.02. The molecule has 0 aromatic rings. The average molecular weight is 337 g/mol. The molecule has 0 aliphatic carbocycles.